The van der Waals surface area contributed by atoms with Gasteiger partial charge in [-0.3, -0.25) is 47.3 Å². The highest BCUT2D eigenvalue weighted by Gasteiger charge is 2.57. The summed E-state index contributed by atoms with van der Waals surface area (Å²) in [5.74, 6) is -4.60. The normalized spacial score (nSPS) is 26.2. The predicted octanol–water partition coefficient (Wildman–Crippen LogP) is 5.50. The third kappa shape index (κ3) is 15.1. The molecular weight excluding hydrogens is 1180 g/mol. The second kappa shape index (κ2) is 25.0. The largest absolute Gasteiger partial charge is 0.466 e. The number of carbonyl (C=O) groups is 2. The summed E-state index contributed by atoms with van der Waals surface area (Å²) in [6.07, 6.45) is -6.61. The fourth-order valence-electron chi connectivity index (χ4n) is 6.80. The highest BCUT2D eigenvalue weighted by molar-refractivity contribution is 9.10. The fraction of sp³-hybridized carbons (Fsp3) is 0.476. The summed E-state index contributed by atoms with van der Waals surface area (Å²) >= 11 is 19.1. The third-order valence-electron chi connectivity index (χ3n) is 10.3. The Morgan fingerprint density at radius 1 is 0.708 bits per heavy atom. The molecule has 2 saturated heterocycles. The zero-order valence-electron chi connectivity index (χ0n) is 38.3. The maximum absolute atomic E-state index is 13.7. The van der Waals surface area contributed by atoms with E-state index in [0.29, 0.717) is 0 Å². The van der Waals surface area contributed by atoms with Crippen LogP contribution in [0.5, 0.6) is 11.5 Å². The highest BCUT2D eigenvalue weighted by atomic mass is 79.9. The molecule has 0 unspecified atom stereocenters. The lowest BCUT2D eigenvalue weighted by Crippen LogP contribution is -2.40. The van der Waals surface area contributed by atoms with E-state index in [1.807, 2.05) is 0 Å². The van der Waals surface area contributed by atoms with Crippen molar-refractivity contribution in [2.75, 3.05) is 38.8 Å². The number of rotatable bonds is 20. The minimum Gasteiger partial charge on any atom is -0.466 e. The Morgan fingerprint density at radius 2 is 1.07 bits per heavy atom. The second-order valence-corrected chi connectivity index (χ2v) is 24.8. The average molecular weight is 1230 g/mol. The number of hydrogen-bond donors (Lipinski definition) is 4. The molecule has 0 spiro atoms. The van der Waals surface area contributed by atoms with Gasteiger partial charge in [-0.15, -0.1) is 0 Å². The predicted molar refractivity (Wildman–Crippen MR) is 260 cm³/mol. The molecule has 0 bridgehead atoms. The van der Waals surface area contributed by atoms with Crippen LogP contribution in [0.2, 0.25) is 0 Å². The van der Waals surface area contributed by atoms with Gasteiger partial charge in [-0.2, -0.15) is 0 Å². The summed E-state index contributed by atoms with van der Waals surface area (Å²) < 4.78 is 96.4. The molecule has 30 heteroatoms. The zero-order valence-corrected chi connectivity index (χ0v) is 44.7. The van der Waals surface area contributed by atoms with E-state index in [2.05, 4.69) is 41.8 Å². The molecule has 0 radical (unpaired) electrons. The van der Waals surface area contributed by atoms with E-state index in [1.165, 1.54) is 38.1 Å². The van der Waals surface area contributed by atoms with Gasteiger partial charge in [-0.05, 0) is 38.1 Å². The van der Waals surface area contributed by atoms with Gasteiger partial charge < -0.3 is 38.2 Å². The molecule has 396 valence electrons. The first-order valence-electron chi connectivity index (χ1n) is 21.5. The van der Waals surface area contributed by atoms with Crippen LogP contribution < -0.4 is 31.5 Å². The monoisotopic (exact) mass is 1220 g/mol. The van der Waals surface area contributed by atoms with E-state index >= 15 is 0 Å². The van der Waals surface area contributed by atoms with Gasteiger partial charge in [0.15, 0.2) is 20.0 Å². The third-order valence-corrected chi connectivity index (χ3v) is 16.9. The molecule has 0 aliphatic carbocycles. The smallest absolute Gasteiger partial charge is 0.380 e. The molecule has 4 aromatic rings. The van der Waals surface area contributed by atoms with Crippen LogP contribution in [-0.2, 0) is 46.7 Å². The number of aliphatic hydroxyl groups is 2. The van der Waals surface area contributed by atoms with Gasteiger partial charge in [0.25, 0.3) is 11.1 Å². The lowest BCUT2D eigenvalue weighted by molar-refractivity contribution is -0.147. The number of esters is 2. The molecule has 12 atom stereocenters. The van der Waals surface area contributed by atoms with Crippen molar-refractivity contribution in [3.05, 3.63) is 126 Å². The molecule has 6 rings (SSSR count). The maximum Gasteiger partial charge on any atom is 0.380 e. The number of aliphatic hydroxyl groups excluding tert-OH is 2. The van der Waals surface area contributed by atoms with E-state index in [-0.39, 0.29) is 24.7 Å². The van der Waals surface area contributed by atoms with Gasteiger partial charge >= 0.3 is 38.5 Å². The Morgan fingerprint density at radius 3 is 1.39 bits per heavy atom. The van der Waals surface area contributed by atoms with Crippen LogP contribution in [0.4, 0.5) is 8.78 Å². The molecule has 72 heavy (non-hydrogen) atoms. The molecule has 0 amide bonds. The summed E-state index contributed by atoms with van der Waals surface area (Å²) in [6.45, 7) is 5.29. The number of halogens is 6. The summed E-state index contributed by atoms with van der Waals surface area (Å²) in [7, 11) is -8.31. The van der Waals surface area contributed by atoms with Crippen molar-refractivity contribution < 1.29 is 74.8 Å². The standard InChI is InChI=1S/2C21H24BrClFN2O9P/c2*1-3-32-18(29)12(2)11-36(31,35-14-6-4-5-13(24)9-14)33-10-15-17(28)21(22,23)19(34-15)26-8-7-16(27)25-20(26)30/h2*4-9,12,15,17,19,28H,3,10-11H2,1-2H3,(H,25,27,30)/t12-,15-,17-,19-,21+,36+;12-,15-,17-,19-,21+,36-/m11/s1. The lowest BCUT2D eigenvalue weighted by Gasteiger charge is -2.25. The molecule has 2 aromatic carbocycles. The van der Waals surface area contributed by atoms with Crippen LogP contribution in [0.25, 0.3) is 0 Å². The molecule has 2 aromatic heterocycles. The maximum atomic E-state index is 13.7. The quantitative estimate of drug-likeness (QED) is 0.0482. The first kappa shape index (κ1) is 58.8. The number of H-pyrrole nitrogens is 2. The molecule has 0 saturated carbocycles. The van der Waals surface area contributed by atoms with Crippen LogP contribution in [0.1, 0.15) is 40.2 Å². The molecule has 2 fully saturated rings. The van der Waals surface area contributed by atoms with Gasteiger partial charge in [0, 0.05) is 36.7 Å². The number of aromatic amines is 2. The van der Waals surface area contributed by atoms with Crippen molar-refractivity contribution >= 4 is 82.2 Å². The van der Waals surface area contributed by atoms with Crippen molar-refractivity contribution in [1.29, 1.82) is 0 Å². The Labute approximate surface area is 434 Å². The van der Waals surface area contributed by atoms with E-state index in [9.17, 15) is 56.9 Å². The number of nitrogens with zero attached hydrogens (tertiary/aromatic N) is 2. The first-order valence-corrected chi connectivity index (χ1v) is 27.3. The number of aromatic nitrogens is 4. The van der Waals surface area contributed by atoms with Crippen LogP contribution in [0, 0.1) is 23.5 Å². The van der Waals surface area contributed by atoms with Crippen molar-refractivity contribution in [3.8, 4) is 11.5 Å². The van der Waals surface area contributed by atoms with Crippen LogP contribution in [-0.4, -0.2) is 112 Å². The van der Waals surface area contributed by atoms with Gasteiger partial charge in [-0.25, -0.2) is 27.5 Å². The average Bonchev–Trinajstić information content (AvgIpc) is 3.66. The molecule has 2 aliphatic heterocycles. The lowest BCUT2D eigenvalue weighted by atomic mass is 10.2. The van der Waals surface area contributed by atoms with Crippen molar-refractivity contribution in [1.82, 2.24) is 19.1 Å². The zero-order chi connectivity index (χ0) is 53.3. The van der Waals surface area contributed by atoms with Crippen LogP contribution >= 0.6 is 70.3 Å². The number of benzene rings is 2. The van der Waals surface area contributed by atoms with Crippen molar-refractivity contribution in [3.63, 3.8) is 0 Å². The van der Waals surface area contributed by atoms with Crippen LogP contribution in [0.15, 0.2) is 92.2 Å². The minimum absolute atomic E-state index is 0.105. The second-order valence-electron chi connectivity index (χ2n) is 15.9. The molecule has 22 nitrogen and oxygen atoms in total. The fourth-order valence-corrected chi connectivity index (χ4v) is 12.4. The number of ether oxygens (including phenoxy) is 4. The molecule has 2 aliphatic rings. The topological polar surface area (TPSA) is 292 Å². The SMILES string of the molecule is CCOC(=O)[C@H](C)C[P@@](=O)(OC[C@H]1O[C@@H](n2ccc(=O)[nH]c2=O)[C@](Cl)(Br)[C@@H]1O)Oc1cccc(F)c1.CCOC(=O)[C@H](C)C[P@](=O)(OC[C@H]1O[C@@H](n2ccc(=O)[nH]c2=O)[C@](Cl)(Br)[C@@H]1O)Oc1cccc(F)c1. The summed E-state index contributed by atoms with van der Waals surface area (Å²) in [5.41, 5.74) is -2.96. The van der Waals surface area contributed by atoms with Gasteiger partial charge in [0.05, 0.1) is 50.6 Å². The van der Waals surface area contributed by atoms with E-state index in [4.69, 9.17) is 60.2 Å². The number of alkyl halides is 4. The van der Waals surface area contributed by atoms with Crippen molar-refractivity contribution in [2.45, 2.75) is 72.1 Å². The van der Waals surface area contributed by atoms with E-state index in [1.54, 1.807) is 13.8 Å². The first-order chi connectivity index (χ1) is 33.7. The van der Waals surface area contributed by atoms with E-state index in [0.717, 1.165) is 57.9 Å². The van der Waals surface area contributed by atoms with Crippen LogP contribution in [0.3, 0.4) is 0 Å². The summed E-state index contributed by atoms with van der Waals surface area (Å²) in [4.78, 5) is 75.5. The summed E-state index contributed by atoms with van der Waals surface area (Å²) in [6, 6.07) is 11.8. The van der Waals surface area contributed by atoms with Gasteiger partial charge in [-0.1, -0.05) is 81.0 Å². The Kier molecular flexibility index (Phi) is 20.4. The molecular formula is C42H48Br2Cl2F2N4O18P2. The molecule has 4 heterocycles. The highest BCUT2D eigenvalue weighted by Crippen LogP contribution is 2.54. The van der Waals surface area contributed by atoms with Gasteiger partial charge in [0.1, 0.15) is 47.5 Å². The number of carbonyl (C=O) groups excluding carboxylic acids is 2. The number of hydrogen-bond acceptors (Lipinski definition) is 18. The number of nitrogens with one attached hydrogen (secondary N) is 2. The Bertz CT molecular complexity index is 2700. The van der Waals surface area contributed by atoms with E-state index < -0.39 is 143 Å². The minimum atomic E-state index is -4.16. The van der Waals surface area contributed by atoms with Crippen molar-refractivity contribution in [2.24, 2.45) is 11.8 Å². The summed E-state index contributed by atoms with van der Waals surface area (Å²) in [5, 5.41) is 21.5. The Hall–Kier alpha value is -4.04. The molecule has 4 N–H and O–H groups in total. The van der Waals surface area contributed by atoms with Gasteiger partial charge in [0.2, 0.25) is 0 Å². The Balaban J connectivity index is 0.000000267.